The lowest BCUT2D eigenvalue weighted by Crippen LogP contribution is -2.39. The summed E-state index contributed by atoms with van der Waals surface area (Å²) in [6.07, 6.45) is 2.69. The van der Waals surface area contributed by atoms with Gasteiger partial charge >= 0.3 is 0 Å². The quantitative estimate of drug-likeness (QED) is 0.861. The van der Waals surface area contributed by atoms with Gasteiger partial charge in [0.1, 0.15) is 0 Å². The molecule has 1 aromatic rings. The molecule has 2 unspecified atom stereocenters. The van der Waals surface area contributed by atoms with Gasteiger partial charge in [-0.3, -0.25) is 0 Å². The van der Waals surface area contributed by atoms with Crippen molar-refractivity contribution in [2.45, 2.75) is 32.7 Å². The zero-order valence-corrected chi connectivity index (χ0v) is 11.2. The Balaban J connectivity index is 1.96. The van der Waals surface area contributed by atoms with E-state index < -0.39 is 0 Å². The third kappa shape index (κ3) is 3.22. The topological polar surface area (TPSA) is 15.3 Å². The van der Waals surface area contributed by atoms with Crippen molar-refractivity contribution in [3.05, 3.63) is 29.8 Å². The van der Waals surface area contributed by atoms with E-state index in [4.69, 9.17) is 0 Å². The number of nitrogens with zero attached hydrogens (tertiary/aromatic N) is 1. The summed E-state index contributed by atoms with van der Waals surface area (Å²) in [5.41, 5.74) is 2.62. The van der Waals surface area contributed by atoms with Crippen LogP contribution < -0.4 is 5.32 Å². The SMILES string of the molecule is Cc1ccccc1NC(C)C1CCCN(C)C1. The van der Waals surface area contributed by atoms with Gasteiger partial charge in [-0.2, -0.15) is 0 Å². The first-order valence-corrected chi connectivity index (χ1v) is 6.67. The third-order valence-electron chi connectivity index (χ3n) is 3.90. The van der Waals surface area contributed by atoms with E-state index >= 15 is 0 Å². The van der Waals surface area contributed by atoms with Crippen molar-refractivity contribution in [2.24, 2.45) is 5.92 Å². The van der Waals surface area contributed by atoms with Crippen LogP contribution in [0.3, 0.4) is 0 Å². The molecule has 0 saturated carbocycles. The molecular weight excluding hydrogens is 208 g/mol. The minimum atomic E-state index is 0.554. The van der Waals surface area contributed by atoms with E-state index in [9.17, 15) is 0 Å². The molecule has 1 saturated heterocycles. The highest BCUT2D eigenvalue weighted by Gasteiger charge is 2.22. The molecule has 94 valence electrons. The monoisotopic (exact) mass is 232 g/mol. The third-order valence-corrected chi connectivity index (χ3v) is 3.90. The molecule has 1 heterocycles. The fourth-order valence-corrected chi connectivity index (χ4v) is 2.71. The van der Waals surface area contributed by atoms with Gasteiger partial charge < -0.3 is 10.2 Å². The molecule has 1 fully saturated rings. The zero-order chi connectivity index (χ0) is 12.3. The summed E-state index contributed by atoms with van der Waals surface area (Å²) in [4.78, 5) is 2.45. The average Bonchev–Trinajstić information content (AvgIpc) is 2.32. The van der Waals surface area contributed by atoms with Crippen molar-refractivity contribution in [3.63, 3.8) is 0 Å². The van der Waals surface area contributed by atoms with E-state index in [0.29, 0.717) is 6.04 Å². The molecule has 2 heteroatoms. The number of anilines is 1. The Kier molecular flexibility index (Phi) is 4.06. The number of nitrogens with one attached hydrogen (secondary N) is 1. The molecule has 1 aliphatic rings. The Morgan fingerprint density at radius 3 is 2.82 bits per heavy atom. The second-order valence-electron chi connectivity index (χ2n) is 5.41. The Morgan fingerprint density at radius 1 is 1.35 bits per heavy atom. The van der Waals surface area contributed by atoms with Crippen LogP contribution in [0.25, 0.3) is 0 Å². The van der Waals surface area contributed by atoms with Gasteiger partial charge in [0.25, 0.3) is 0 Å². The number of likely N-dealkylation sites (tertiary alicyclic amines) is 1. The number of aryl methyl sites for hydroxylation is 1. The Bertz CT molecular complexity index is 362. The summed E-state index contributed by atoms with van der Waals surface area (Å²) >= 11 is 0. The molecule has 0 aromatic heterocycles. The lowest BCUT2D eigenvalue weighted by molar-refractivity contribution is 0.197. The molecular formula is C15H24N2. The highest BCUT2D eigenvalue weighted by molar-refractivity contribution is 5.50. The predicted molar refractivity (Wildman–Crippen MR) is 74.5 cm³/mol. The van der Waals surface area contributed by atoms with Gasteiger partial charge in [0.15, 0.2) is 0 Å². The van der Waals surface area contributed by atoms with Crippen molar-refractivity contribution in [3.8, 4) is 0 Å². The van der Waals surface area contributed by atoms with Gasteiger partial charge in [-0.15, -0.1) is 0 Å². The van der Waals surface area contributed by atoms with Crippen LogP contribution in [0.15, 0.2) is 24.3 Å². The molecule has 0 aliphatic carbocycles. The van der Waals surface area contributed by atoms with Crippen molar-refractivity contribution < 1.29 is 0 Å². The molecule has 0 spiro atoms. The summed E-state index contributed by atoms with van der Waals surface area (Å²) in [6.45, 7) is 6.96. The van der Waals surface area contributed by atoms with Gasteiger partial charge in [0.2, 0.25) is 0 Å². The smallest absolute Gasteiger partial charge is 0.0372 e. The highest BCUT2D eigenvalue weighted by atomic mass is 15.1. The minimum absolute atomic E-state index is 0.554. The summed E-state index contributed by atoms with van der Waals surface area (Å²) in [7, 11) is 2.23. The van der Waals surface area contributed by atoms with Crippen LogP contribution in [-0.4, -0.2) is 31.1 Å². The van der Waals surface area contributed by atoms with Gasteiger partial charge in [-0.05, 0) is 57.8 Å². The maximum Gasteiger partial charge on any atom is 0.0372 e. The molecule has 2 rings (SSSR count). The average molecular weight is 232 g/mol. The zero-order valence-electron chi connectivity index (χ0n) is 11.2. The lowest BCUT2D eigenvalue weighted by atomic mass is 9.91. The van der Waals surface area contributed by atoms with Crippen LogP contribution in [0.5, 0.6) is 0 Å². The molecule has 2 nitrogen and oxygen atoms in total. The first-order chi connectivity index (χ1) is 8.16. The van der Waals surface area contributed by atoms with Gasteiger partial charge in [-0.25, -0.2) is 0 Å². The number of hydrogen-bond donors (Lipinski definition) is 1. The number of hydrogen-bond acceptors (Lipinski definition) is 2. The van der Waals surface area contributed by atoms with E-state index in [1.54, 1.807) is 0 Å². The van der Waals surface area contributed by atoms with E-state index in [-0.39, 0.29) is 0 Å². The normalized spacial score (nSPS) is 23.4. The van der Waals surface area contributed by atoms with Gasteiger partial charge in [-0.1, -0.05) is 18.2 Å². The number of piperidine rings is 1. The summed E-state index contributed by atoms with van der Waals surface area (Å²) in [5, 5.41) is 3.67. The molecule has 1 N–H and O–H groups in total. The molecule has 1 aliphatic heterocycles. The van der Waals surface area contributed by atoms with Crippen LogP contribution in [0.4, 0.5) is 5.69 Å². The number of benzene rings is 1. The molecule has 0 amide bonds. The fraction of sp³-hybridized carbons (Fsp3) is 0.600. The largest absolute Gasteiger partial charge is 0.382 e. The van der Waals surface area contributed by atoms with E-state index in [1.807, 2.05) is 0 Å². The molecule has 0 radical (unpaired) electrons. The molecule has 1 aromatic carbocycles. The van der Waals surface area contributed by atoms with E-state index in [2.05, 4.69) is 55.4 Å². The van der Waals surface area contributed by atoms with Crippen LogP contribution in [0.1, 0.15) is 25.3 Å². The maximum absolute atomic E-state index is 3.67. The van der Waals surface area contributed by atoms with Crippen LogP contribution in [0.2, 0.25) is 0 Å². The lowest BCUT2D eigenvalue weighted by Gasteiger charge is -2.34. The Labute approximate surface area is 105 Å². The van der Waals surface area contributed by atoms with Crippen molar-refractivity contribution in [2.75, 3.05) is 25.5 Å². The predicted octanol–water partition coefficient (Wildman–Crippen LogP) is 3.14. The highest BCUT2D eigenvalue weighted by Crippen LogP contribution is 2.23. The fourth-order valence-electron chi connectivity index (χ4n) is 2.71. The molecule has 2 atom stereocenters. The molecule has 0 bridgehead atoms. The molecule has 17 heavy (non-hydrogen) atoms. The summed E-state index contributed by atoms with van der Waals surface area (Å²) in [5.74, 6) is 0.772. The van der Waals surface area contributed by atoms with E-state index in [1.165, 1.54) is 37.2 Å². The first-order valence-electron chi connectivity index (χ1n) is 6.67. The van der Waals surface area contributed by atoms with Crippen molar-refractivity contribution in [1.82, 2.24) is 4.90 Å². The van der Waals surface area contributed by atoms with Gasteiger partial charge in [0.05, 0.1) is 0 Å². The Morgan fingerprint density at radius 2 is 2.12 bits per heavy atom. The van der Waals surface area contributed by atoms with Crippen molar-refractivity contribution in [1.29, 1.82) is 0 Å². The van der Waals surface area contributed by atoms with Crippen LogP contribution >= 0.6 is 0 Å². The van der Waals surface area contributed by atoms with Crippen LogP contribution in [-0.2, 0) is 0 Å². The second-order valence-corrected chi connectivity index (χ2v) is 5.41. The standard InChI is InChI=1S/C15H24N2/c1-12-7-4-5-9-15(12)16-13(2)14-8-6-10-17(3)11-14/h4-5,7,9,13-14,16H,6,8,10-11H2,1-3H3. The second kappa shape index (κ2) is 5.54. The Hall–Kier alpha value is -1.02. The number of para-hydroxylation sites is 1. The van der Waals surface area contributed by atoms with Gasteiger partial charge in [0, 0.05) is 18.3 Å². The maximum atomic E-state index is 3.67. The van der Waals surface area contributed by atoms with Crippen molar-refractivity contribution >= 4 is 5.69 Å². The van der Waals surface area contributed by atoms with E-state index in [0.717, 1.165) is 5.92 Å². The summed E-state index contributed by atoms with van der Waals surface area (Å²) < 4.78 is 0. The number of rotatable bonds is 3. The first kappa shape index (κ1) is 12.4. The minimum Gasteiger partial charge on any atom is -0.382 e. The van der Waals surface area contributed by atoms with Crippen LogP contribution in [0, 0.1) is 12.8 Å². The summed E-state index contributed by atoms with van der Waals surface area (Å²) in [6, 6.07) is 9.11.